The van der Waals surface area contributed by atoms with Crippen LogP contribution in [-0.4, -0.2) is 11.7 Å². The molecule has 2 N–H and O–H groups in total. The SMILES string of the molecule is CCOc1ccc(NC(C)c2ccc(F)c(F)c2)cc1CO. The van der Waals surface area contributed by atoms with Crippen molar-refractivity contribution < 1.29 is 18.6 Å². The van der Waals surface area contributed by atoms with Gasteiger partial charge in [-0.3, -0.25) is 0 Å². The molecule has 1 unspecified atom stereocenters. The topological polar surface area (TPSA) is 41.5 Å². The van der Waals surface area contributed by atoms with Gasteiger partial charge in [-0.05, 0) is 49.7 Å². The molecule has 2 aromatic carbocycles. The maximum atomic E-state index is 13.3. The van der Waals surface area contributed by atoms with Gasteiger partial charge in [0, 0.05) is 17.3 Å². The average molecular weight is 307 g/mol. The Kier molecular flexibility index (Phi) is 5.33. The van der Waals surface area contributed by atoms with Crippen LogP contribution in [0.25, 0.3) is 0 Å². The molecular weight excluding hydrogens is 288 g/mol. The minimum absolute atomic E-state index is 0.135. The lowest BCUT2D eigenvalue weighted by atomic mass is 10.1. The first-order valence-corrected chi connectivity index (χ1v) is 7.13. The van der Waals surface area contributed by atoms with Gasteiger partial charge in [0.15, 0.2) is 11.6 Å². The number of nitrogens with one attached hydrogen (secondary N) is 1. The zero-order chi connectivity index (χ0) is 16.1. The van der Waals surface area contributed by atoms with E-state index in [2.05, 4.69) is 5.32 Å². The number of hydrogen-bond donors (Lipinski definition) is 2. The van der Waals surface area contributed by atoms with Gasteiger partial charge in [-0.2, -0.15) is 0 Å². The molecule has 0 fully saturated rings. The summed E-state index contributed by atoms with van der Waals surface area (Å²) in [6.07, 6.45) is 0. The second kappa shape index (κ2) is 7.22. The molecule has 5 heteroatoms. The fraction of sp³-hybridized carbons (Fsp3) is 0.294. The first-order valence-electron chi connectivity index (χ1n) is 7.13. The van der Waals surface area contributed by atoms with Crippen molar-refractivity contribution in [1.29, 1.82) is 0 Å². The summed E-state index contributed by atoms with van der Waals surface area (Å²) in [5, 5.41) is 12.6. The lowest BCUT2D eigenvalue weighted by molar-refractivity contribution is 0.267. The van der Waals surface area contributed by atoms with Crippen LogP contribution in [0.4, 0.5) is 14.5 Å². The highest BCUT2D eigenvalue weighted by atomic mass is 19.2. The van der Waals surface area contributed by atoms with Crippen LogP contribution in [0, 0.1) is 11.6 Å². The third-order valence-electron chi connectivity index (χ3n) is 3.36. The minimum atomic E-state index is -0.867. The molecule has 3 nitrogen and oxygen atoms in total. The summed E-state index contributed by atoms with van der Waals surface area (Å²) < 4.78 is 31.7. The number of aliphatic hydroxyl groups excluding tert-OH is 1. The summed E-state index contributed by atoms with van der Waals surface area (Å²) in [5.41, 5.74) is 2.08. The van der Waals surface area contributed by atoms with Gasteiger partial charge in [0.05, 0.1) is 13.2 Å². The molecule has 2 rings (SSSR count). The molecule has 118 valence electrons. The van der Waals surface area contributed by atoms with Gasteiger partial charge < -0.3 is 15.2 Å². The number of halogens is 2. The predicted octanol–water partition coefficient (Wildman–Crippen LogP) is 4.03. The maximum absolute atomic E-state index is 13.3. The molecule has 0 aliphatic rings. The lowest BCUT2D eigenvalue weighted by Gasteiger charge is -2.17. The first kappa shape index (κ1) is 16.2. The Morgan fingerprint density at radius 2 is 1.91 bits per heavy atom. The number of benzene rings is 2. The average Bonchev–Trinajstić information content (AvgIpc) is 2.51. The molecule has 0 aliphatic carbocycles. The van der Waals surface area contributed by atoms with Crippen molar-refractivity contribution in [2.45, 2.75) is 26.5 Å². The zero-order valence-electron chi connectivity index (χ0n) is 12.6. The second-order valence-corrected chi connectivity index (χ2v) is 4.95. The van der Waals surface area contributed by atoms with Crippen LogP contribution >= 0.6 is 0 Å². The fourth-order valence-corrected chi connectivity index (χ4v) is 2.20. The van der Waals surface area contributed by atoms with Crippen LogP contribution < -0.4 is 10.1 Å². The highest BCUT2D eigenvalue weighted by Crippen LogP contribution is 2.26. The molecule has 0 amide bonds. The first-order chi connectivity index (χ1) is 10.5. The van der Waals surface area contributed by atoms with Crippen LogP contribution in [0.1, 0.15) is 31.0 Å². The summed E-state index contributed by atoms with van der Waals surface area (Å²) >= 11 is 0. The molecule has 0 saturated heterocycles. The standard InChI is InChI=1S/C17H19F2NO2/c1-3-22-17-7-5-14(8-13(17)10-21)20-11(2)12-4-6-15(18)16(19)9-12/h4-9,11,20-21H,3,10H2,1-2H3. The van der Waals surface area contributed by atoms with E-state index >= 15 is 0 Å². The molecule has 0 aromatic heterocycles. The van der Waals surface area contributed by atoms with E-state index in [1.807, 2.05) is 19.9 Å². The van der Waals surface area contributed by atoms with E-state index in [4.69, 9.17) is 4.74 Å². The van der Waals surface area contributed by atoms with E-state index in [1.165, 1.54) is 12.1 Å². The van der Waals surface area contributed by atoms with Gasteiger partial charge in [0.1, 0.15) is 5.75 Å². The normalized spacial score (nSPS) is 12.0. The van der Waals surface area contributed by atoms with E-state index in [0.29, 0.717) is 23.5 Å². The Labute approximate surface area is 128 Å². The van der Waals surface area contributed by atoms with Gasteiger partial charge in [0.25, 0.3) is 0 Å². The predicted molar refractivity (Wildman–Crippen MR) is 81.9 cm³/mol. The summed E-state index contributed by atoms with van der Waals surface area (Å²) in [6, 6.07) is 8.99. The van der Waals surface area contributed by atoms with Gasteiger partial charge in [-0.25, -0.2) is 8.78 Å². The third-order valence-corrected chi connectivity index (χ3v) is 3.36. The Morgan fingerprint density at radius 3 is 2.55 bits per heavy atom. The highest BCUT2D eigenvalue weighted by Gasteiger charge is 2.10. The number of hydrogen-bond acceptors (Lipinski definition) is 3. The van der Waals surface area contributed by atoms with Gasteiger partial charge >= 0.3 is 0 Å². The molecule has 0 aliphatic heterocycles. The largest absolute Gasteiger partial charge is 0.494 e. The van der Waals surface area contributed by atoms with E-state index in [-0.39, 0.29) is 12.6 Å². The summed E-state index contributed by atoms with van der Waals surface area (Å²) in [5.74, 6) is -1.09. The molecule has 0 radical (unpaired) electrons. The summed E-state index contributed by atoms with van der Waals surface area (Å²) in [6.45, 7) is 4.11. The van der Waals surface area contributed by atoms with Gasteiger partial charge in [-0.1, -0.05) is 6.07 Å². The van der Waals surface area contributed by atoms with Crippen LogP contribution in [0.3, 0.4) is 0 Å². The van der Waals surface area contributed by atoms with Crippen LogP contribution in [0.2, 0.25) is 0 Å². The molecule has 0 spiro atoms. The van der Waals surface area contributed by atoms with Crippen molar-refractivity contribution in [3.63, 3.8) is 0 Å². The van der Waals surface area contributed by atoms with Crippen molar-refractivity contribution in [2.24, 2.45) is 0 Å². The molecule has 1 atom stereocenters. The number of anilines is 1. The van der Waals surface area contributed by atoms with Crippen molar-refractivity contribution in [3.05, 3.63) is 59.2 Å². The molecule has 0 bridgehead atoms. The van der Waals surface area contributed by atoms with E-state index < -0.39 is 11.6 Å². The van der Waals surface area contributed by atoms with Crippen LogP contribution in [0.5, 0.6) is 5.75 Å². The summed E-state index contributed by atoms with van der Waals surface area (Å²) in [4.78, 5) is 0. The Balaban J connectivity index is 2.17. The van der Waals surface area contributed by atoms with Crippen molar-refractivity contribution >= 4 is 5.69 Å². The van der Waals surface area contributed by atoms with Gasteiger partial charge in [0.2, 0.25) is 0 Å². The van der Waals surface area contributed by atoms with Crippen molar-refractivity contribution in [2.75, 3.05) is 11.9 Å². The zero-order valence-corrected chi connectivity index (χ0v) is 12.6. The Morgan fingerprint density at radius 1 is 1.14 bits per heavy atom. The molecule has 22 heavy (non-hydrogen) atoms. The smallest absolute Gasteiger partial charge is 0.159 e. The minimum Gasteiger partial charge on any atom is -0.494 e. The second-order valence-electron chi connectivity index (χ2n) is 4.95. The van der Waals surface area contributed by atoms with E-state index in [9.17, 15) is 13.9 Å². The van der Waals surface area contributed by atoms with Crippen LogP contribution in [-0.2, 0) is 6.61 Å². The summed E-state index contributed by atoms with van der Waals surface area (Å²) in [7, 11) is 0. The fourth-order valence-electron chi connectivity index (χ4n) is 2.20. The van der Waals surface area contributed by atoms with Crippen LogP contribution in [0.15, 0.2) is 36.4 Å². The van der Waals surface area contributed by atoms with Gasteiger partial charge in [-0.15, -0.1) is 0 Å². The molecule has 2 aromatic rings. The third kappa shape index (κ3) is 3.74. The molecular formula is C17H19F2NO2. The number of rotatable bonds is 6. The lowest BCUT2D eigenvalue weighted by Crippen LogP contribution is -2.08. The van der Waals surface area contributed by atoms with Crippen molar-refractivity contribution in [3.8, 4) is 5.75 Å². The quantitative estimate of drug-likeness (QED) is 0.846. The number of ether oxygens (including phenoxy) is 1. The van der Waals surface area contributed by atoms with Crippen molar-refractivity contribution in [1.82, 2.24) is 0 Å². The Bertz CT molecular complexity index is 647. The Hall–Kier alpha value is -2.14. The number of aliphatic hydroxyl groups is 1. The highest BCUT2D eigenvalue weighted by molar-refractivity contribution is 5.52. The van der Waals surface area contributed by atoms with E-state index in [1.54, 1.807) is 12.1 Å². The molecule has 0 saturated carbocycles. The molecule has 0 heterocycles. The van der Waals surface area contributed by atoms with E-state index in [0.717, 1.165) is 11.8 Å². The monoisotopic (exact) mass is 307 g/mol. The maximum Gasteiger partial charge on any atom is 0.159 e.